The second-order valence-electron chi connectivity index (χ2n) is 6.62. The summed E-state index contributed by atoms with van der Waals surface area (Å²) >= 11 is 8.04. The lowest BCUT2D eigenvalue weighted by Gasteiger charge is -2.48. The van der Waals surface area contributed by atoms with Crippen molar-refractivity contribution >= 4 is 23.4 Å². The van der Waals surface area contributed by atoms with Gasteiger partial charge in [0.1, 0.15) is 0 Å². The summed E-state index contributed by atoms with van der Waals surface area (Å²) in [5.74, 6) is 2.90. The third kappa shape index (κ3) is 3.26. The lowest BCUT2D eigenvalue weighted by molar-refractivity contribution is -0.113. The number of benzene rings is 1. The van der Waals surface area contributed by atoms with Gasteiger partial charge in [0.2, 0.25) is 0 Å². The number of thioether (sulfide) groups is 1. The zero-order valence-corrected chi connectivity index (χ0v) is 14.2. The van der Waals surface area contributed by atoms with Crippen molar-refractivity contribution in [3.8, 4) is 0 Å². The molecule has 2 saturated heterocycles. The summed E-state index contributed by atoms with van der Waals surface area (Å²) in [5.41, 5.74) is 7.70. The van der Waals surface area contributed by atoms with E-state index in [-0.39, 0.29) is 11.1 Å². The molecule has 0 bridgehead atoms. The average Bonchev–Trinajstić information content (AvgIpc) is 2.48. The molecule has 21 heavy (non-hydrogen) atoms. The Kier molecular flexibility index (Phi) is 4.56. The van der Waals surface area contributed by atoms with Crippen LogP contribution >= 0.6 is 23.4 Å². The van der Waals surface area contributed by atoms with Crippen LogP contribution in [0.25, 0.3) is 0 Å². The fourth-order valence-corrected chi connectivity index (χ4v) is 5.04. The van der Waals surface area contributed by atoms with Crippen molar-refractivity contribution < 1.29 is 4.74 Å². The van der Waals surface area contributed by atoms with Gasteiger partial charge in [-0.25, -0.2) is 0 Å². The Balaban J connectivity index is 1.79. The lowest BCUT2D eigenvalue weighted by atomic mass is 9.70. The molecule has 1 spiro atoms. The molecule has 1 aromatic carbocycles. The van der Waals surface area contributed by atoms with E-state index in [0.29, 0.717) is 5.92 Å². The van der Waals surface area contributed by atoms with Crippen LogP contribution in [0.5, 0.6) is 0 Å². The van der Waals surface area contributed by atoms with Crippen LogP contribution in [-0.4, -0.2) is 23.7 Å². The van der Waals surface area contributed by atoms with E-state index in [1.807, 2.05) is 23.9 Å². The van der Waals surface area contributed by atoms with Gasteiger partial charge in [-0.3, -0.25) is 0 Å². The number of rotatable bonds is 2. The van der Waals surface area contributed by atoms with Crippen molar-refractivity contribution in [2.45, 2.75) is 43.7 Å². The highest BCUT2D eigenvalue weighted by atomic mass is 35.5. The molecule has 2 heterocycles. The molecule has 0 aromatic heterocycles. The van der Waals surface area contributed by atoms with Gasteiger partial charge in [-0.05, 0) is 67.7 Å². The minimum atomic E-state index is -0.314. The van der Waals surface area contributed by atoms with E-state index in [9.17, 15) is 0 Å². The SMILES string of the molecule is CC(N)(c1ccc(Cl)cc1)C1CCOC2(CCSCC2)C1. The number of ether oxygens (including phenoxy) is 1. The molecule has 2 nitrogen and oxygen atoms in total. The molecule has 0 saturated carbocycles. The van der Waals surface area contributed by atoms with E-state index < -0.39 is 0 Å². The third-order valence-corrected chi connectivity index (χ3v) is 6.45. The first-order valence-corrected chi connectivity index (χ1v) is 9.32. The number of halogens is 1. The first-order chi connectivity index (χ1) is 10.0. The molecule has 2 aliphatic heterocycles. The molecule has 2 N–H and O–H groups in total. The van der Waals surface area contributed by atoms with Gasteiger partial charge in [-0.15, -0.1) is 0 Å². The molecular weight excluding hydrogens is 302 g/mol. The first-order valence-electron chi connectivity index (χ1n) is 7.79. The van der Waals surface area contributed by atoms with Gasteiger partial charge in [-0.2, -0.15) is 11.8 Å². The van der Waals surface area contributed by atoms with Crippen molar-refractivity contribution in [1.82, 2.24) is 0 Å². The largest absolute Gasteiger partial charge is 0.375 e. The zero-order chi connectivity index (χ0) is 14.9. The number of hydrogen-bond acceptors (Lipinski definition) is 3. The Bertz CT molecular complexity index is 477. The summed E-state index contributed by atoms with van der Waals surface area (Å²) in [4.78, 5) is 0. The molecule has 2 fully saturated rings. The molecule has 1 aromatic rings. The predicted molar refractivity (Wildman–Crippen MR) is 91.0 cm³/mol. The average molecular weight is 326 g/mol. The van der Waals surface area contributed by atoms with E-state index in [1.165, 1.54) is 29.9 Å². The highest BCUT2D eigenvalue weighted by Gasteiger charge is 2.44. The van der Waals surface area contributed by atoms with Crippen LogP contribution in [0.4, 0.5) is 0 Å². The van der Waals surface area contributed by atoms with Gasteiger partial charge in [0.05, 0.1) is 5.60 Å². The fraction of sp³-hybridized carbons (Fsp3) is 0.647. The van der Waals surface area contributed by atoms with Gasteiger partial charge in [0.25, 0.3) is 0 Å². The van der Waals surface area contributed by atoms with Crippen molar-refractivity contribution in [2.75, 3.05) is 18.1 Å². The van der Waals surface area contributed by atoms with Gasteiger partial charge in [0, 0.05) is 17.2 Å². The second-order valence-corrected chi connectivity index (χ2v) is 8.28. The summed E-state index contributed by atoms with van der Waals surface area (Å²) in [6, 6.07) is 8.02. The van der Waals surface area contributed by atoms with Crippen LogP contribution in [0.3, 0.4) is 0 Å². The van der Waals surface area contributed by atoms with Gasteiger partial charge >= 0.3 is 0 Å². The van der Waals surface area contributed by atoms with E-state index in [2.05, 4.69) is 19.1 Å². The molecule has 2 aliphatic rings. The third-order valence-electron chi connectivity index (χ3n) is 5.21. The van der Waals surface area contributed by atoms with Gasteiger partial charge in [-0.1, -0.05) is 23.7 Å². The fourth-order valence-electron chi connectivity index (χ4n) is 3.68. The Morgan fingerprint density at radius 2 is 1.95 bits per heavy atom. The molecule has 3 rings (SSSR count). The highest BCUT2D eigenvalue weighted by molar-refractivity contribution is 7.99. The van der Waals surface area contributed by atoms with Crippen LogP contribution in [0, 0.1) is 5.92 Å². The molecule has 0 amide bonds. The summed E-state index contributed by atoms with van der Waals surface area (Å²) in [6.07, 6.45) is 4.48. The summed E-state index contributed by atoms with van der Waals surface area (Å²) in [6.45, 7) is 3.01. The monoisotopic (exact) mass is 325 g/mol. The molecule has 0 radical (unpaired) electrons. The molecule has 4 heteroatoms. The second kappa shape index (κ2) is 6.11. The van der Waals surface area contributed by atoms with Crippen LogP contribution in [0.2, 0.25) is 5.02 Å². The Morgan fingerprint density at radius 3 is 2.62 bits per heavy atom. The molecule has 116 valence electrons. The van der Waals surface area contributed by atoms with Gasteiger partial charge < -0.3 is 10.5 Å². The van der Waals surface area contributed by atoms with Crippen LogP contribution in [-0.2, 0) is 10.3 Å². The molecular formula is C17H24ClNOS. The van der Waals surface area contributed by atoms with E-state index >= 15 is 0 Å². The van der Waals surface area contributed by atoms with Crippen molar-refractivity contribution in [2.24, 2.45) is 11.7 Å². The minimum absolute atomic E-state index is 0.0845. The summed E-state index contributed by atoms with van der Waals surface area (Å²) in [5, 5.41) is 0.766. The predicted octanol–water partition coefficient (Wildman–Crippen LogP) is 4.21. The Morgan fingerprint density at radius 1 is 1.29 bits per heavy atom. The smallest absolute Gasteiger partial charge is 0.0701 e. The molecule has 2 unspecified atom stereocenters. The zero-order valence-electron chi connectivity index (χ0n) is 12.6. The van der Waals surface area contributed by atoms with Crippen molar-refractivity contribution in [3.63, 3.8) is 0 Å². The highest BCUT2D eigenvalue weighted by Crippen LogP contribution is 2.44. The van der Waals surface area contributed by atoms with Crippen molar-refractivity contribution in [1.29, 1.82) is 0 Å². The quantitative estimate of drug-likeness (QED) is 0.884. The number of nitrogens with two attached hydrogens (primary N) is 1. The van der Waals surface area contributed by atoms with Crippen LogP contribution < -0.4 is 5.73 Å². The maximum Gasteiger partial charge on any atom is 0.0701 e. The normalized spacial score (nSPS) is 28.2. The van der Waals surface area contributed by atoms with E-state index in [1.54, 1.807) is 0 Å². The maximum atomic E-state index is 6.75. The maximum absolute atomic E-state index is 6.75. The standard InChI is InChI=1S/C17H24ClNOS/c1-16(19,13-2-4-15(18)5-3-13)14-6-9-20-17(12-14)7-10-21-11-8-17/h2-5,14H,6-12,19H2,1H3. The van der Waals surface area contributed by atoms with Crippen LogP contribution in [0.15, 0.2) is 24.3 Å². The Hall–Kier alpha value is -0.220. The first kappa shape index (κ1) is 15.7. The Labute approximate surface area is 136 Å². The minimum Gasteiger partial charge on any atom is -0.375 e. The van der Waals surface area contributed by atoms with Crippen LogP contribution in [0.1, 0.15) is 38.2 Å². The summed E-state index contributed by atoms with van der Waals surface area (Å²) in [7, 11) is 0. The molecule has 0 aliphatic carbocycles. The molecule has 2 atom stereocenters. The van der Waals surface area contributed by atoms with Gasteiger partial charge in [0.15, 0.2) is 0 Å². The number of hydrogen-bond donors (Lipinski definition) is 1. The van der Waals surface area contributed by atoms with Crippen molar-refractivity contribution in [3.05, 3.63) is 34.9 Å². The van der Waals surface area contributed by atoms with E-state index in [4.69, 9.17) is 22.1 Å². The topological polar surface area (TPSA) is 35.2 Å². The lowest BCUT2D eigenvalue weighted by Crippen LogP contribution is -2.51. The summed E-state index contributed by atoms with van der Waals surface area (Å²) < 4.78 is 6.20. The van der Waals surface area contributed by atoms with E-state index in [0.717, 1.165) is 24.5 Å².